The van der Waals surface area contributed by atoms with Crippen molar-refractivity contribution in [3.05, 3.63) is 94.3 Å². The van der Waals surface area contributed by atoms with Crippen molar-refractivity contribution in [2.45, 2.75) is 77.7 Å². The highest BCUT2D eigenvalue weighted by atomic mass is 16.4. The Morgan fingerprint density at radius 1 is 1.00 bits per heavy atom. The van der Waals surface area contributed by atoms with Crippen molar-refractivity contribution in [2.75, 3.05) is 12.3 Å². The van der Waals surface area contributed by atoms with Crippen molar-refractivity contribution >= 4 is 35.0 Å². The molecular weight excluding hydrogens is 562 g/mol. The number of aryl methyl sites for hydroxylation is 1. The number of aliphatic hydroxyl groups is 1. The van der Waals surface area contributed by atoms with Crippen molar-refractivity contribution in [3.63, 3.8) is 0 Å². The van der Waals surface area contributed by atoms with E-state index in [1.165, 1.54) is 0 Å². The maximum absolute atomic E-state index is 11.9. The number of hydrogen-bond donors (Lipinski definition) is 4. The van der Waals surface area contributed by atoms with E-state index in [9.17, 15) is 15.0 Å². The molecule has 2 aromatic carbocycles. The number of benzene rings is 2. The second kappa shape index (κ2) is 13.0. The number of rotatable bonds is 10. The topological polar surface area (TPSA) is 147 Å². The van der Waals surface area contributed by atoms with Gasteiger partial charge in [0.2, 0.25) is 0 Å². The first-order chi connectivity index (χ1) is 21.5. The van der Waals surface area contributed by atoms with Crippen molar-refractivity contribution in [3.8, 4) is 0 Å². The monoisotopic (exact) mass is 607 g/mol. The molecule has 0 saturated heterocycles. The molecule has 1 atom stereocenters. The summed E-state index contributed by atoms with van der Waals surface area (Å²) in [5.41, 5.74) is 20.5. The minimum Gasteiger partial charge on any atom is -0.481 e. The van der Waals surface area contributed by atoms with E-state index >= 15 is 0 Å². The molecule has 3 aliphatic carbocycles. The van der Waals surface area contributed by atoms with Crippen LogP contribution in [0.4, 0.5) is 11.4 Å². The molecule has 8 heteroatoms. The number of carboxylic acid groups (broad SMARTS) is 1. The van der Waals surface area contributed by atoms with Crippen molar-refractivity contribution < 1.29 is 15.0 Å². The number of pyridine rings is 1. The molecule has 8 nitrogen and oxygen atoms in total. The number of carbonyl (C=O) groups is 1. The summed E-state index contributed by atoms with van der Waals surface area (Å²) in [6, 6.07) is 19.2. The van der Waals surface area contributed by atoms with Gasteiger partial charge in [0, 0.05) is 45.5 Å². The van der Waals surface area contributed by atoms with Gasteiger partial charge in [0.15, 0.2) is 0 Å². The van der Waals surface area contributed by atoms with Gasteiger partial charge in [-0.05, 0) is 87.6 Å². The first-order valence-electron chi connectivity index (χ1n) is 15.8. The van der Waals surface area contributed by atoms with Crippen molar-refractivity contribution in [1.29, 1.82) is 0 Å². The van der Waals surface area contributed by atoms with Gasteiger partial charge in [0.05, 0.1) is 29.4 Å². The normalized spacial score (nSPS) is 22.9. The molecule has 45 heavy (non-hydrogen) atoms. The number of anilines is 1. The summed E-state index contributed by atoms with van der Waals surface area (Å²) in [4.78, 5) is 26.5. The van der Waals surface area contributed by atoms with E-state index in [2.05, 4.69) is 24.9 Å². The molecule has 0 amide bonds. The fraction of sp³-hybridized carbons (Fsp3) is 0.405. The Bertz CT molecular complexity index is 1630. The van der Waals surface area contributed by atoms with Gasteiger partial charge in [0.1, 0.15) is 0 Å². The summed E-state index contributed by atoms with van der Waals surface area (Å²) in [5.74, 6) is -0.571. The number of aliphatic hydroxyl groups excluding tert-OH is 1. The number of aliphatic imine (C=N–C) groups is 2. The molecular formula is C37H45N5O3. The van der Waals surface area contributed by atoms with E-state index in [1.807, 2.05) is 68.4 Å². The van der Waals surface area contributed by atoms with E-state index in [0.29, 0.717) is 36.2 Å². The number of aromatic nitrogens is 1. The summed E-state index contributed by atoms with van der Waals surface area (Å²) in [7, 11) is 0. The summed E-state index contributed by atoms with van der Waals surface area (Å²) in [6.45, 7) is 8.33. The molecule has 6 rings (SSSR count). The molecule has 0 spiro atoms. The predicted octanol–water partition coefficient (Wildman–Crippen LogP) is 6.92. The average Bonchev–Trinajstić information content (AvgIpc) is 3.03. The minimum atomic E-state index is -0.721. The molecule has 3 aromatic rings. The lowest BCUT2D eigenvalue weighted by molar-refractivity contribution is -0.156. The Balaban J connectivity index is 1.42. The van der Waals surface area contributed by atoms with E-state index in [1.54, 1.807) is 6.21 Å². The van der Waals surface area contributed by atoms with Gasteiger partial charge in [-0.25, -0.2) is 0 Å². The van der Waals surface area contributed by atoms with E-state index in [-0.39, 0.29) is 17.9 Å². The molecule has 6 N–H and O–H groups in total. The van der Waals surface area contributed by atoms with Crippen LogP contribution in [-0.4, -0.2) is 39.6 Å². The minimum absolute atomic E-state index is 0.0466. The van der Waals surface area contributed by atoms with Crippen LogP contribution in [0, 0.1) is 18.3 Å². The van der Waals surface area contributed by atoms with Crippen LogP contribution in [0.25, 0.3) is 5.70 Å². The van der Waals surface area contributed by atoms with Gasteiger partial charge in [-0.2, -0.15) is 0 Å². The third kappa shape index (κ3) is 6.43. The van der Waals surface area contributed by atoms with Gasteiger partial charge in [-0.1, -0.05) is 56.3 Å². The zero-order valence-electron chi connectivity index (χ0n) is 26.8. The Kier molecular flexibility index (Phi) is 9.26. The number of allylic oxidation sites excluding steroid dienone is 1. The smallest absolute Gasteiger partial charge is 0.309 e. The summed E-state index contributed by atoms with van der Waals surface area (Å²) in [6.07, 6.45) is 5.71. The third-order valence-electron chi connectivity index (χ3n) is 9.96. The van der Waals surface area contributed by atoms with E-state index in [0.717, 1.165) is 58.7 Å². The average molecular weight is 608 g/mol. The van der Waals surface area contributed by atoms with Gasteiger partial charge in [0.25, 0.3) is 0 Å². The van der Waals surface area contributed by atoms with Crippen LogP contribution < -0.4 is 11.5 Å². The van der Waals surface area contributed by atoms with Crippen molar-refractivity contribution in [1.82, 2.24) is 4.98 Å². The molecule has 3 saturated carbocycles. The number of nitrogens with zero attached hydrogens (tertiary/aromatic N) is 3. The molecule has 1 aromatic heterocycles. The maximum atomic E-state index is 11.9. The summed E-state index contributed by atoms with van der Waals surface area (Å²) in [5, 5.41) is 20.4. The number of carboxylic acids is 1. The molecule has 3 aliphatic rings. The molecule has 1 heterocycles. The highest BCUT2D eigenvalue weighted by Crippen LogP contribution is 2.57. The van der Waals surface area contributed by atoms with Crippen LogP contribution in [-0.2, 0) is 10.2 Å². The van der Waals surface area contributed by atoms with E-state index < -0.39 is 17.5 Å². The second-order valence-electron chi connectivity index (χ2n) is 13.1. The van der Waals surface area contributed by atoms with Gasteiger partial charge in [-0.3, -0.25) is 19.8 Å². The second-order valence-corrected chi connectivity index (χ2v) is 13.1. The summed E-state index contributed by atoms with van der Waals surface area (Å²) < 4.78 is 0. The van der Waals surface area contributed by atoms with Gasteiger partial charge < -0.3 is 21.7 Å². The molecule has 0 aliphatic heterocycles. The number of aliphatic carboxylic acids is 1. The van der Waals surface area contributed by atoms with Crippen LogP contribution in [0.15, 0.2) is 76.2 Å². The quantitative estimate of drug-likeness (QED) is 0.145. The highest BCUT2D eigenvalue weighted by Gasteiger charge is 2.53. The molecule has 1 unspecified atom stereocenters. The number of nitrogens with two attached hydrogens (primary N) is 2. The lowest BCUT2D eigenvalue weighted by atomic mass is 9.52. The lowest BCUT2D eigenvalue weighted by Gasteiger charge is -2.51. The Morgan fingerprint density at radius 2 is 1.67 bits per heavy atom. The molecule has 3 fully saturated rings. The third-order valence-corrected chi connectivity index (χ3v) is 9.96. The van der Waals surface area contributed by atoms with Crippen LogP contribution >= 0.6 is 0 Å². The Hall–Kier alpha value is -4.30. The number of fused-ring (bicyclic) bond motifs is 3. The van der Waals surface area contributed by atoms with Crippen LogP contribution in [0.3, 0.4) is 0 Å². The summed E-state index contributed by atoms with van der Waals surface area (Å²) >= 11 is 0. The largest absolute Gasteiger partial charge is 0.481 e. The first-order valence-corrected chi connectivity index (χ1v) is 15.8. The number of nitrogen functional groups attached to an aromatic ring is 1. The Morgan fingerprint density at radius 3 is 2.27 bits per heavy atom. The fourth-order valence-corrected chi connectivity index (χ4v) is 7.15. The maximum Gasteiger partial charge on any atom is 0.309 e. The lowest BCUT2D eigenvalue weighted by Crippen LogP contribution is -2.48. The highest BCUT2D eigenvalue weighted by molar-refractivity contribution is 6.07. The van der Waals surface area contributed by atoms with Crippen LogP contribution in [0.1, 0.15) is 93.5 Å². The van der Waals surface area contributed by atoms with Crippen LogP contribution in [0.2, 0.25) is 0 Å². The zero-order valence-corrected chi connectivity index (χ0v) is 26.8. The van der Waals surface area contributed by atoms with Gasteiger partial charge in [-0.15, -0.1) is 0 Å². The first kappa shape index (κ1) is 32.1. The standard InChI is InChI=1S/C37H45N5O3/c1-23(2)33(34(39)27-11-8-12-29(38)28(27)21-40-22-31(43)26-9-6-5-7-10-26)25(4)41-30-13-14-32(42-24(30)3)36-15-18-37(19-16-36,20-17-36)35(44)45/h5-14,21,23,31,43H,15-20,22,38-39H2,1-4H3,(H,44,45)/b34-33-,40-21?,41-25?. The molecule has 0 radical (unpaired) electrons. The van der Waals surface area contributed by atoms with E-state index in [4.69, 9.17) is 21.4 Å². The van der Waals surface area contributed by atoms with Crippen LogP contribution in [0.5, 0.6) is 0 Å². The number of hydrogen-bond acceptors (Lipinski definition) is 7. The predicted molar refractivity (Wildman–Crippen MR) is 182 cm³/mol. The Labute approximate surface area is 266 Å². The SMILES string of the molecule is CC(=Nc1ccc(C23CCC(C(=O)O)(CC2)CC3)nc1C)/C(=C(\N)c1cccc(N)c1C=NCC(O)c1ccccc1)C(C)C. The molecule has 2 bridgehead atoms. The fourth-order valence-electron chi connectivity index (χ4n) is 7.15. The van der Waals surface area contributed by atoms with Gasteiger partial charge >= 0.3 is 5.97 Å². The van der Waals surface area contributed by atoms with Crippen molar-refractivity contribution in [2.24, 2.45) is 27.1 Å². The zero-order chi connectivity index (χ0) is 32.4. The molecule has 236 valence electrons.